The third kappa shape index (κ3) is 4.20. The van der Waals surface area contributed by atoms with Gasteiger partial charge in [-0.3, -0.25) is 19.2 Å². The number of amides is 3. The highest BCUT2D eigenvalue weighted by atomic mass is 79.9. The summed E-state index contributed by atoms with van der Waals surface area (Å²) in [5, 5.41) is 0. The smallest absolute Gasteiger partial charge is 0.316 e. The first kappa shape index (κ1) is 23.5. The summed E-state index contributed by atoms with van der Waals surface area (Å²) in [5.74, 6) is -1.87. The number of rotatable bonds is 4. The summed E-state index contributed by atoms with van der Waals surface area (Å²) >= 11 is 3.38. The molecule has 5 rings (SSSR count). The van der Waals surface area contributed by atoms with Crippen LogP contribution < -0.4 is 14.5 Å². The van der Waals surface area contributed by atoms with Gasteiger partial charge in [0.05, 0.1) is 23.4 Å². The van der Waals surface area contributed by atoms with E-state index in [4.69, 9.17) is 4.74 Å². The van der Waals surface area contributed by atoms with Crippen molar-refractivity contribution >= 4 is 51.0 Å². The lowest BCUT2D eigenvalue weighted by Crippen LogP contribution is -2.32. The Labute approximate surface area is 211 Å². The molecular formula is C27H25BrN2O5. The summed E-state index contributed by atoms with van der Waals surface area (Å²) in [7, 11) is 0. The maximum atomic E-state index is 13.1. The van der Waals surface area contributed by atoms with Crippen molar-refractivity contribution in [2.45, 2.75) is 26.7 Å². The lowest BCUT2D eigenvalue weighted by Gasteiger charge is -2.22. The minimum atomic E-state index is -0.579. The van der Waals surface area contributed by atoms with Crippen LogP contribution in [0.1, 0.15) is 25.3 Å². The molecule has 8 heteroatoms. The first-order chi connectivity index (χ1) is 16.7. The number of aryl methyl sites for hydroxylation is 1. The quantitative estimate of drug-likeness (QED) is 0.250. The monoisotopic (exact) mass is 536 g/mol. The van der Waals surface area contributed by atoms with Crippen LogP contribution in [-0.2, 0) is 19.2 Å². The van der Waals surface area contributed by atoms with Crippen molar-refractivity contribution < 1.29 is 23.9 Å². The van der Waals surface area contributed by atoms with Crippen LogP contribution in [0.2, 0.25) is 0 Å². The number of allylic oxidation sites excluding steroid dienone is 2. The van der Waals surface area contributed by atoms with E-state index in [-0.39, 0.29) is 48.4 Å². The summed E-state index contributed by atoms with van der Waals surface area (Å²) in [6, 6.07) is 12.2. The van der Waals surface area contributed by atoms with Crippen molar-refractivity contribution in [2.24, 2.45) is 23.7 Å². The van der Waals surface area contributed by atoms with E-state index in [0.717, 1.165) is 10.2 Å². The van der Waals surface area contributed by atoms with Gasteiger partial charge in [0, 0.05) is 23.1 Å². The number of ether oxygens (including phenoxy) is 1. The molecule has 0 N–H and O–H groups in total. The maximum absolute atomic E-state index is 13.1. The van der Waals surface area contributed by atoms with Crippen molar-refractivity contribution in [2.75, 3.05) is 16.3 Å². The molecule has 2 aromatic rings. The molecule has 0 bridgehead atoms. The largest absolute Gasteiger partial charge is 0.426 e. The van der Waals surface area contributed by atoms with Gasteiger partial charge in [0.25, 0.3) is 0 Å². The predicted octanol–water partition coefficient (Wildman–Crippen LogP) is 4.42. The van der Waals surface area contributed by atoms with Crippen LogP contribution >= 0.6 is 15.9 Å². The third-order valence-electron chi connectivity index (χ3n) is 7.10. The van der Waals surface area contributed by atoms with E-state index in [0.29, 0.717) is 23.4 Å². The van der Waals surface area contributed by atoms with Gasteiger partial charge in [-0.05, 0) is 67.3 Å². The van der Waals surface area contributed by atoms with E-state index in [9.17, 15) is 19.2 Å². The number of halogens is 1. The number of carbonyl (C=O) groups is 4. The molecule has 35 heavy (non-hydrogen) atoms. The zero-order valence-electron chi connectivity index (χ0n) is 19.4. The molecule has 3 aliphatic rings. The van der Waals surface area contributed by atoms with Crippen LogP contribution in [0.15, 0.2) is 59.1 Å². The second-order valence-corrected chi connectivity index (χ2v) is 10.3. The fourth-order valence-electron chi connectivity index (χ4n) is 5.26. The van der Waals surface area contributed by atoms with E-state index in [2.05, 4.69) is 15.9 Å². The Bertz CT molecular complexity index is 1250. The van der Waals surface area contributed by atoms with Crippen molar-refractivity contribution in [1.82, 2.24) is 0 Å². The molecule has 2 heterocycles. The number of benzene rings is 2. The van der Waals surface area contributed by atoms with Gasteiger partial charge < -0.3 is 9.64 Å². The summed E-state index contributed by atoms with van der Waals surface area (Å²) in [6.07, 6.45) is 4.62. The van der Waals surface area contributed by atoms with E-state index >= 15 is 0 Å². The molecule has 2 fully saturated rings. The fourth-order valence-corrected chi connectivity index (χ4v) is 5.53. The first-order valence-corrected chi connectivity index (χ1v) is 12.5. The Balaban J connectivity index is 1.28. The van der Waals surface area contributed by atoms with Gasteiger partial charge in [0.2, 0.25) is 17.7 Å². The van der Waals surface area contributed by atoms with Crippen molar-refractivity contribution in [1.29, 1.82) is 0 Å². The molecule has 1 aliphatic carbocycles. The molecule has 4 atom stereocenters. The number of fused-ring (bicyclic) bond motifs is 1. The average molecular weight is 537 g/mol. The Kier molecular flexibility index (Phi) is 6.09. The van der Waals surface area contributed by atoms with E-state index in [1.54, 1.807) is 30.0 Å². The van der Waals surface area contributed by atoms with E-state index in [1.807, 2.05) is 43.3 Å². The number of anilines is 2. The number of hydrogen-bond acceptors (Lipinski definition) is 5. The zero-order chi connectivity index (χ0) is 24.9. The predicted molar refractivity (Wildman–Crippen MR) is 134 cm³/mol. The highest BCUT2D eigenvalue weighted by molar-refractivity contribution is 9.10. The van der Waals surface area contributed by atoms with Crippen LogP contribution in [0.3, 0.4) is 0 Å². The second kappa shape index (κ2) is 9.07. The molecular weight excluding hydrogens is 512 g/mol. The summed E-state index contributed by atoms with van der Waals surface area (Å²) in [4.78, 5) is 54.3. The van der Waals surface area contributed by atoms with Gasteiger partial charge in [0.15, 0.2) is 0 Å². The maximum Gasteiger partial charge on any atom is 0.316 e. The fraction of sp³-hybridized carbons (Fsp3) is 0.333. The Morgan fingerprint density at radius 1 is 1.06 bits per heavy atom. The molecule has 0 aromatic heterocycles. The normalized spacial score (nSPS) is 25.9. The lowest BCUT2D eigenvalue weighted by atomic mass is 9.78. The van der Waals surface area contributed by atoms with Gasteiger partial charge in [-0.2, -0.15) is 0 Å². The van der Waals surface area contributed by atoms with Gasteiger partial charge in [-0.25, -0.2) is 4.90 Å². The molecule has 2 saturated heterocycles. The average Bonchev–Trinajstić information content (AvgIpc) is 3.33. The van der Waals surface area contributed by atoms with Crippen LogP contribution in [-0.4, -0.2) is 30.2 Å². The number of carbonyl (C=O) groups excluding carboxylic acids is 4. The van der Waals surface area contributed by atoms with Gasteiger partial charge in [-0.1, -0.05) is 35.0 Å². The SMILES string of the molecule is Cc1cc(OC(=O)[C@@H]2CC(=O)N(c3ccc(Br)cc3)C2)ccc1N1C(=O)[C@H]2[C@H](C)C=CC[C@H]2C1=O. The Hall–Kier alpha value is -3.26. The number of hydrogen-bond donors (Lipinski definition) is 0. The zero-order valence-corrected chi connectivity index (χ0v) is 21.0. The van der Waals surface area contributed by atoms with Gasteiger partial charge in [0.1, 0.15) is 5.75 Å². The molecule has 0 unspecified atom stereocenters. The van der Waals surface area contributed by atoms with Crippen molar-refractivity contribution in [3.63, 3.8) is 0 Å². The topological polar surface area (TPSA) is 84.0 Å². The van der Waals surface area contributed by atoms with E-state index in [1.165, 1.54) is 4.90 Å². The minimum absolute atomic E-state index is 0.0156. The van der Waals surface area contributed by atoms with Gasteiger partial charge >= 0.3 is 5.97 Å². The molecule has 0 spiro atoms. The summed E-state index contributed by atoms with van der Waals surface area (Å²) in [5.41, 5.74) is 1.91. The van der Waals surface area contributed by atoms with Crippen LogP contribution in [0.5, 0.6) is 5.75 Å². The van der Waals surface area contributed by atoms with E-state index < -0.39 is 11.9 Å². The van der Waals surface area contributed by atoms with Crippen molar-refractivity contribution in [3.05, 3.63) is 64.7 Å². The lowest BCUT2D eigenvalue weighted by molar-refractivity contribution is -0.139. The molecule has 0 radical (unpaired) electrons. The first-order valence-electron chi connectivity index (χ1n) is 11.7. The number of esters is 1. The standard InChI is InChI=1S/C27H25BrN2O5/c1-15-4-3-5-21-24(15)26(33)30(25(21)32)22-11-10-20(12-16(22)2)35-27(34)17-13-23(31)29(14-17)19-8-6-18(28)7-9-19/h3-4,6-12,15,17,21,24H,5,13-14H2,1-2H3/t15-,17-,21-,24+/m1/s1. The second-order valence-electron chi connectivity index (χ2n) is 9.42. The van der Waals surface area contributed by atoms with Gasteiger partial charge in [-0.15, -0.1) is 0 Å². The van der Waals surface area contributed by atoms with Crippen LogP contribution in [0.4, 0.5) is 11.4 Å². The molecule has 7 nitrogen and oxygen atoms in total. The third-order valence-corrected chi connectivity index (χ3v) is 7.63. The molecule has 2 aliphatic heterocycles. The summed E-state index contributed by atoms with van der Waals surface area (Å²) < 4.78 is 6.50. The highest BCUT2D eigenvalue weighted by Gasteiger charge is 2.50. The summed E-state index contributed by atoms with van der Waals surface area (Å²) in [6.45, 7) is 4.00. The number of nitrogens with zero attached hydrogens (tertiary/aromatic N) is 2. The Morgan fingerprint density at radius 3 is 2.49 bits per heavy atom. The molecule has 2 aromatic carbocycles. The molecule has 3 amide bonds. The van der Waals surface area contributed by atoms with Crippen LogP contribution in [0, 0.1) is 30.6 Å². The molecule has 0 saturated carbocycles. The Morgan fingerprint density at radius 2 is 1.80 bits per heavy atom. The highest BCUT2D eigenvalue weighted by Crippen LogP contribution is 2.41. The molecule has 180 valence electrons. The number of imide groups is 1. The van der Waals surface area contributed by atoms with Crippen LogP contribution in [0.25, 0.3) is 0 Å². The minimum Gasteiger partial charge on any atom is -0.426 e. The van der Waals surface area contributed by atoms with Crippen molar-refractivity contribution in [3.8, 4) is 5.75 Å².